The van der Waals surface area contributed by atoms with E-state index >= 15 is 0 Å². The van der Waals surface area contributed by atoms with Crippen molar-refractivity contribution in [2.24, 2.45) is 0 Å². The van der Waals surface area contributed by atoms with Crippen LogP contribution in [0.3, 0.4) is 0 Å². The maximum atomic E-state index is 12.7. The predicted octanol–water partition coefficient (Wildman–Crippen LogP) is 4.94. The number of phenolic OH excluding ortho intramolecular Hbond substituents is 1. The van der Waals surface area contributed by atoms with Crippen molar-refractivity contribution < 1.29 is 41.4 Å². The van der Waals surface area contributed by atoms with Crippen molar-refractivity contribution >= 4 is 33.3 Å². The highest BCUT2D eigenvalue weighted by Crippen LogP contribution is 2.31. The largest absolute Gasteiger partial charge is 0.506 e. The van der Waals surface area contributed by atoms with Gasteiger partial charge in [-0.2, -0.15) is 13.2 Å². The van der Waals surface area contributed by atoms with E-state index in [9.17, 15) is 36.3 Å². The Labute approximate surface area is 204 Å². The summed E-state index contributed by atoms with van der Waals surface area (Å²) in [6.07, 6.45) is -4.89. The minimum absolute atomic E-state index is 0.121. The van der Waals surface area contributed by atoms with E-state index in [2.05, 4.69) is 10.0 Å². The highest BCUT2D eigenvalue weighted by atomic mass is 32.2. The number of carbonyl (C=O) groups excluding carboxylic acids is 1. The number of benzene rings is 3. The van der Waals surface area contributed by atoms with E-state index in [0.717, 1.165) is 12.1 Å². The van der Waals surface area contributed by atoms with Crippen LogP contribution in [0.25, 0.3) is 11.1 Å². The Morgan fingerprint density at radius 2 is 1.47 bits per heavy atom. The number of hydrogen-bond donors (Lipinski definition) is 4. The molecule has 1 amide bonds. The number of sulfonamides is 1. The van der Waals surface area contributed by atoms with Crippen LogP contribution < -0.4 is 10.0 Å². The molecule has 0 aromatic heterocycles. The molecule has 0 heterocycles. The lowest BCUT2D eigenvalue weighted by Gasteiger charge is -2.12. The fraction of sp³-hybridized carbons (Fsp3) is 0.167. The molecule has 0 spiro atoms. The number of aromatic hydroxyl groups is 1. The molecule has 36 heavy (non-hydrogen) atoms. The second kappa shape index (κ2) is 10.7. The lowest BCUT2D eigenvalue weighted by molar-refractivity contribution is -0.138. The molecule has 0 aliphatic heterocycles. The topological polar surface area (TPSA) is 133 Å². The number of anilines is 2. The Hall–Kier alpha value is -4.06. The van der Waals surface area contributed by atoms with Crippen LogP contribution in [0.15, 0.2) is 66.7 Å². The van der Waals surface area contributed by atoms with Crippen LogP contribution in [0.5, 0.6) is 5.75 Å². The monoisotopic (exact) mass is 522 g/mol. The summed E-state index contributed by atoms with van der Waals surface area (Å²) >= 11 is 0. The number of phenols is 1. The maximum Gasteiger partial charge on any atom is 0.416 e. The second-order valence-corrected chi connectivity index (χ2v) is 9.60. The van der Waals surface area contributed by atoms with Gasteiger partial charge in [0.1, 0.15) is 5.75 Å². The molecule has 0 saturated carbocycles. The maximum absolute atomic E-state index is 12.7. The molecule has 12 heteroatoms. The van der Waals surface area contributed by atoms with Crippen molar-refractivity contribution in [2.45, 2.75) is 19.0 Å². The first-order chi connectivity index (χ1) is 16.8. The van der Waals surface area contributed by atoms with Gasteiger partial charge in [0, 0.05) is 17.7 Å². The SMILES string of the molecule is O=C(O)CCCS(=O)(=O)Nc1cc(NC(=O)c2ccc(-c3ccc(C(F)(F)F)cc3)cc2)ccc1O. The zero-order chi connectivity index (χ0) is 26.5. The van der Waals surface area contributed by atoms with E-state index in [1.807, 2.05) is 0 Å². The molecular formula is C24H21F3N2O6S. The highest BCUT2D eigenvalue weighted by molar-refractivity contribution is 7.92. The first-order valence-corrected chi connectivity index (χ1v) is 12.1. The van der Waals surface area contributed by atoms with Gasteiger partial charge in [-0.05, 0) is 60.0 Å². The molecule has 0 fully saturated rings. The summed E-state index contributed by atoms with van der Waals surface area (Å²) in [5.41, 5.74) is 0.583. The number of alkyl halides is 3. The average Bonchev–Trinajstić information content (AvgIpc) is 2.80. The Morgan fingerprint density at radius 3 is 2.03 bits per heavy atom. The van der Waals surface area contributed by atoms with Gasteiger partial charge in [-0.1, -0.05) is 24.3 Å². The summed E-state index contributed by atoms with van der Waals surface area (Å²) in [5.74, 6) is -2.54. The number of halogens is 3. The van der Waals surface area contributed by atoms with Crippen molar-refractivity contribution in [3.8, 4) is 16.9 Å². The van der Waals surface area contributed by atoms with E-state index in [0.29, 0.717) is 11.1 Å². The van der Waals surface area contributed by atoms with E-state index in [1.54, 1.807) is 12.1 Å². The van der Waals surface area contributed by atoms with Crippen molar-refractivity contribution in [3.05, 3.63) is 77.9 Å². The van der Waals surface area contributed by atoms with Crippen molar-refractivity contribution in [1.29, 1.82) is 0 Å². The molecule has 0 aliphatic rings. The van der Waals surface area contributed by atoms with Crippen molar-refractivity contribution in [1.82, 2.24) is 0 Å². The van der Waals surface area contributed by atoms with Crippen molar-refractivity contribution in [3.63, 3.8) is 0 Å². The van der Waals surface area contributed by atoms with Gasteiger partial charge >= 0.3 is 12.1 Å². The summed E-state index contributed by atoms with van der Waals surface area (Å²) in [5, 5.41) is 21.2. The zero-order valence-electron chi connectivity index (χ0n) is 18.5. The lowest BCUT2D eigenvalue weighted by atomic mass is 10.0. The summed E-state index contributed by atoms with van der Waals surface area (Å²) in [7, 11) is -3.94. The normalized spacial score (nSPS) is 11.6. The van der Waals surface area contributed by atoms with Crippen LogP contribution >= 0.6 is 0 Å². The van der Waals surface area contributed by atoms with Crippen LogP contribution in [0, 0.1) is 0 Å². The smallest absolute Gasteiger partial charge is 0.416 e. The molecule has 3 aromatic carbocycles. The number of carboxylic acids is 1. The Morgan fingerprint density at radius 1 is 0.889 bits per heavy atom. The third-order valence-corrected chi connectivity index (χ3v) is 6.37. The number of amides is 1. The molecule has 0 atom stereocenters. The zero-order valence-corrected chi connectivity index (χ0v) is 19.4. The third kappa shape index (κ3) is 7.22. The number of nitrogens with one attached hydrogen (secondary N) is 2. The van der Waals surface area contributed by atoms with Gasteiger partial charge in [-0.3, -0.25) is 14.3 Å². The molecule has 3 rings (SSSR count). The molecule has 4 N–H and O–H groups in total. The van der Waals surface area contributed by atoms with Gasteiger partial charge in [0.25, 0.3) is 5.91 Å². The lowest BCUT2D eigenvalue weighted by Crippen LogP contribution is -2.18. The minimum atomic E-state index is -4.44. The van der Waals surface area contributed by atoms with Crippen LogP contribution in [-0.4, -0.2) is 36.3 Å². The first-order valence-electron chi connectivity index (χ1n) is 10.5. The highest BCUT2D eigenvalue weighted by Gasteiger charge is 2.30. The van der Waals surface area contributed by atoms with Gasteiger partial charge in [0.05, 0.1) is 17.0 Å². The number of aliphatic carboxylic acids is 1. The van der Waals surface area contributed by atoms with Crippen LogP contribution in [0.1, 0.15) is 28.8 Å². The van der Waals surface area contributed by atoms with Crippen LogP contribution in [0.4, 0.5) is 24.5 Å². The summed E-state index contributed by atoms with van der Waals surface area (Å²) < 4.78 is 64.7. The van der Waals surface area contributed by atoms with E-state index in [1.165, 1.54) is 42.5 Å². The van der Waals surface area contributed by atoms with E-state index < -0.39 is 45.1 Å². The quantitative estimate of drug-likeness (QED) is 0.233. The molecule has 3 aromatic rings. The average molecular weight is 523 g/mol. The van der Waals surface area contributed by atoms with Crippen molar-refractivity contribution in [2.75, 3.05) is 15.8 Å². The fourth-order valence-electron chi connectivity index (χ4n) is 3.20. The molecule has 0 saturated heterocycles. The second-order valence-electron chi connectivity index (χ2n) is 7.76. The fourth-order valence-corrected chi connectivity index (χ4v) is 4.32. The number of rotatable bonds is 9. The Bertz CT molecular complexity index is 1360. The van der Waals surface area contributed by atoms with Gasteiger partial charge in [-0.25, -0.2) is 8.42 Å². The minimum Gasteiger partial charge on any atom is -0.506 e. The van der Waals surface area contributed by atoms with E-state index in [4.69, 9.17) is 5.11 Å². The first kappa shape index (κ1) is 26.5. The van der Waals surface area contributed by atoms with Crippen LogP contribution in [0.2, 0.25) is 0 Å². The Kier molecular flexibility index (Phi) is 7.88. The molecule has 8 nitrogen and oxygen atoms in total. The molecule has 0 unspecified atom stereocenters. The molecule has 0 aliphatic carbocycles. The summed E-state index contributed by atoms with van der Waals surface area (Å²) in [6, 6.07) is 14.5. The Balaban J connectivity index is 1.68. The van der Waals surface area contributed by atoms with Gasteiger partial charge in [0.15, 0.2) is 0 Å². The molecule has 190 valence electrons. The molecule has 0 radical (unpaired) electrons. The number of hydrogen-bond acceptors (Lipinski definition) is 5. The van der Waals surface area contributed by atoms with Gasteiger partial charge in [0.2, 0.25) is 10.0 Å². The molecule has 0 bridgehead atoms. The number of carbonyl (C=O) groups is 2. The van der Waals surface area contributed by atoms with Gasteiger partial charge in [-0.15, -0.1) is 0 Å². The summed E-state index contributed by atoms with van der Waals surface area (Å²) in [6.45, 7) is 0. The standard InChI is InChI=1S/C24H21F3N2O6S/c25-24(26,27)18-9-7-16(8-10-18)15-3-5-17(6-4-15)23(33)28-19-11-12-21(30)20(14-19)29-36(34,35)13-1-2-22(31)32/h3-12,14,29-30H,1-2,13H2,(H,28,33)(H,31,32). The number of carboxylic acid groups (broad SMARTS) is 1. The summed E-state index contributed by atoms with van der Waals surface area (Å²) in [4.78, 5) is 23.2. The van der Waals surface area contributed by atoms with E-state index in [-0.39, 0.29) is 29.8 Å². The molecular weight excluding hydrogens is 501 g/mol. The van der Waals surface area contributed by atoms with Crippen LogP contribution in [-0.2, 0) is 21.0 Å². The third-order valence-electron chi connectivity index (χ3n) is 5.02. The van der Waals surface area contributed by atoms with Gasteiger partial charge < -0.3 is 15.5 Å². The predicted molar refractivity (Wildman–Crippen MR) is 127 cm³/mol.